The minimum atomic E-state index is -0.227. The van der Waals surface area contributed by atoms with Crippen LogP contribution in [0.5, 0.6) is 0 Å². The van der Waals surface area contributed by atoms with E-state index in [9.17, 15) is 4.79 Å². The van der Waals surface area contributed by atoms with Crippen molar-refractivity contribution in [2.45, 2.75) is 26.7 Å². The maximum absolute atomic E-state index is 12.0. The summed E-state index contributed by atoms with van der Waals surface area (Å²) >= 11 is 0. The summed E-state index contributed by atoms with van der Waals surface area (Å²) in [6, 6.07) is 7.78. The first-order chi connectivity index (χ1) is 10.2. The molecular formula is C17H26N2O2. The number of ether oxygens (including phenoxy) is 1. The van der Waals surface area contributed by atoms with Crippen LogP contribution in [0.25, 0.3) is 0 Å². The minimum absolute atomic E-state index is 0.227. The van der Waals surface area contributed by atoms with Crippen molar-refractivity contribution in [2.24, 2.45) is 0 Å². The average Bonchev–Trinajstić information content (AvgIpc) is 3.06. The van der Waals surface area contributed by atoms with Gasteiger partial charge in [-0.1, -0.05) is 13.8 Å². The number of anilines is 1. The van der Waals surface area contributed by atoms with Gasteiger partial charge in [-0.15, -0.1) is 0 Å². The Morgan fingerprint density at radius 1 is 1.14 bits per heavy atom. The summed E-state index contributed by atoms with van der Waals surface area (Å²) in [6.07, 6.45) is 2.52. The summed E-state index contributed by atoms with van der Waals surface area (Å²) in [5, 5.41) is 0. The SMILES string of the molecule is CCN(CC)CCOC(=O)c1ccc(N2CCCC2)cc1. The van der Waals surface area contributed by atoms with E-state index in [0.717, 1.165) is 32.7 Å². The lowest BCUT2D eigenvalue weighted by atomic mass is 10.2. The van der Waals surface area contributed by atoms with Crippen molar-refractivity contribution in [2.75, 3.05) is 44.2 Å². The molecule has 1 aliphatic heterocycles. The number of rotatable bonds is 7. The Balaban J connectivity index is 1.82. The zero-order chi connectivity index (χ0) is 15.1. The maximum atomic E-state index is 12.0. The number of carbonyl (C=O) groups is 1. The fourth-order valence-electron chi connectivity index (χ4n) is 2.67. The molecule has 0 amide bonds. The average molecular weight is 290 g/mol. The van der Waals surface area contributed by atoms with Gasteiger partial charge in [-0.3, -0.25) is 0 Å². The Kier molecular flexibility index (Phi) is 6.05. The van der Waals surface area contributed by atoms with Crippen molar-refractivity contribution in [3.05, 3.63) is 29.8 Å². The topological polar surface area (TPSA) is 32.8 Å². The fraction of sp³-hybridized carbons (Fsp3) is 0.588. The summed E-state index contributed by atoms with van der Waals surface area (Å²) in [7, 11) is 0. The van der Waals surface area contributed by atoms with Gasteiger partial charge in [0.25, 0.3) is 0 Å². The second-order valence-electron chi connectivity index (χ2n) is 5.40. The van der Waals surface area contributed by atoms with Crippen LogP contribution < -0.4 is 4.90 Å². The number of benzene rings is 1. The molecule has 0 bridgehead atoms. The molecular weight excluding hydrogens is 264 g/mol. The third kappa shape index (κ3) is 4.46. The lowest BCUT2D eigenvalue weighted by molar-refractivity contribution is 0.0466. The predicted octanol–water partition coefficient (Wildman–Crippen LogP) is 2.79. The first-order valence-electron chi connectivity index (χ1n) is 7.99. The van der Waals surface area contributed by atoms with Crippen LogP contribution in [-0.4, -0.2) is 50.2 Å². The van der Waals surface area contributed by atoms with E-state index in [1.807, 2.05) is 24.3 Å². The molecule has 0 aliphatic carbocycles. The lowest BCUT2D eigenvalue weighted by Gasteiger charge is -2.18. The molecule has 2 rings (SSSR count). The molecule has 4 nitrogen and oxygen atoms in total. The van der Waals surface area contributed by atoms with Gasteiger partial charge in [0.05, 0.1) is 5.56 Å². The Hall–Kier alpha value is -1.55. The molecule has 1 saturated heterocycles. The highest BCUT2D eigenvalue weighted by molar-refractivity contribution is 5.89. The van der Waals surface area contributed by atoms with E-state index in [2.05, 4.69) is 23.6 Å². The molecule has 21 heavy (non-hydrogen) atoms. The van der Waals surface area contributed by atoms with Gasteiger partial charge in [0.15, 0.2) is 0 Å². The number of hydrogen-bond donors (Lipinski definition) is 0. The van der Waals surface area contributed by atoms with Crippen molar-refractivity contribution < 1.29 is 9.53 Å². The molecule has 0 spiro atoms. The summed E-state index contributed by atoms with van der Waals surface area (Å²) in [5.74, 6) is -0.227. The smallest absolute Gasteiger partial charge is 0.338 e. The largest absolute Gasteiger partial charge is 0.461 e. The standard InChI is InChI=1S/C17H26N2O2/c1-3-18(4-2)13-14-21-17(20)15-7-9-16(10-8-15)19-11-5-6-12-19/h7-10H,3-6,11-14H2,1-2H3. The van der Waals surface area contributed by atoms with Gasteiger partial charge < -0.3 is 14.5 Å². The zero-order valence-corrected chi connectivity index (χ0v) is 13.2. The minimum Gasteiger partial charge on any atom is -0.461 e. The van der Waals surface area contributed by atoms with E-state index in [0.29, 0.717) is 12.2 Å². The van der Waals surface area contributed by atoms with Gasteiger partial charge in [0.2, 0.25) is 0 Å². The van der Waals surface area contributed by atoms with Crippen LogP contribution in [0, 0.1) is 0 Å². The number of likely N-dealkylation sites (N-methyl/N-ethyl adjacent to an activating group) is 1. The first kappa shape index (κ1) is 15.8. The van der Waals surface area contributed by atoms with Crippen molar-refractivity contribution in [3.8, 4) is 0 Å². The third-order valence-corrected chi connectivity index (χ3v) is 4.11. The molecule has 0 N–H and O–H groups in total. The predicted molar refractivity (Wildman–Crippen MR) is 86.0 cm³/mol. The van der Waals surface area contributed by atoms with Crippen LogP contribution in [0.3, 0.4) is 0 Å². The van der Waals surface area contributed by atoms with E-state index in [-0.39, 0.29) is 5.97 Å². The Morgan fingerprint density at radius 2 is 1.76 bits per heavy atom. The van der Waals surface area contributed by atoms with Gasteiger partial charge in [-0.05, 0) is 50.2 Å². The molecule has 1 fully saturated rings. The quantitative estimate of drug-likeness (QED) is 0.723. The van der Waals surface area contributed by atoms with Gasteiger partial charge in [0.1, 0.15) is 6.61 Å². The first-order valence-corrected chi connectivity index (χ1v) is 7.99. The number of nitrogens with zero attached hydrogens (tertiary/aromatic N) is 2. The molecule has 116 valence electrons. The monoisotopic (exact) mass is 290 g/mol. The van der Waals surface area contributed by atoms with Crippen molar-refractivity contribution in [3.63, 3.8) is 0 Å². The molecule has 1 heterocycles. The van der Waals surface area contributed by atoms with E-state index >= 15 is 0 Å². The summed E-state index contributed by atoms with van der Waals surface area (Å²) in [6.45, 7) is 9.68. The van der Waals surface area contributed by atoms with E-state index in [1.165, 1.54) is 18.5 Å². The Bertz CT molecular complexity index is 435. The van der Waals surface area contributed by atoms with Crippen LogP contribution >= 0.6 is 0 Å². The Labute approximate surface area is 127 Å². The van der Waals surface area contributed by atoms with Crippen LogP contribution in [0.2, 0.25) is 0 Å². The molecule has 0 radical (unpaired) electrons. The Morgan fingerprint density at radius 3 is 2.33 bits per heavy atom. The van der Waals surface area contributed by atoms with Crippen LogP contribution in [0.4, 0.5) is 5.69 Å². The number of hydrogen-bond acceptors (Lipinski definition) is 4. The zero-order valence-electron chi connectivity index (χ0n) is 13.2. The normalized spacial score (nSPS) is 14.7. The van der Waals surface area contributed by atoms with E-state index in [4.69, 9.17) is 4.74 Å². The number of esters is 1. The van der Waals surface area contributed by atoms with Gasteiger partial charge >= 0.3 is 5.97 Å². The lowest BCUT2D eigenvalue weighted by Crippen LogP contribution is -2.27. The van der Waals surface area contributed by atoms with Gasteiger partial charge in [-0.25, -0.2) is 4.79 Å². The number of carbonyl (C=O) groups excluding carboxylic acids is 1. The second kappa shape index (κ2) is 8.03. The molecule has 0 aromatic heterocycles. The van der Waals surface area contributed by atoms with E-state index in [1.54, 1.807) is 0 Å². The van der Waals surface area contributed by atoms with Crippen LogP contribution in [0.1, 0.15) is 37.0 Å². The van der Waals surface area contributed by atoms with E-state index < -0.39 is 0 Å². The maximum Gasteiger partial charge on any atom is 0.338 e. The summed E-state index contributed by atoms with van der Waals surface area (Å²) in [5.41, 5.74) is 1.84. The summed E-state index contributed by atoms with van der Waals surface area (Å²) in [4.78, 5) is 16.6. The molecule has 0 saturated carbocycles. The molecule has 4 heteroatoms. The summed E-state index contributed by atoms with van der Waals surface area (Å²) < 4.78 is 5.33. The highest BCUT2D eigenvalue weighted by Crippen LogP contribution is 2.20. The molecule has 1 aliphatic rings. The highest BCUT2D eigenvalue weighted by Gasteiger charge is 2.13. The molecule has 0 unspecified atom stereocenters. The van der Waals surface area contributed by atoms with Crippen LogP contribution in [-0.2, 0) is 4.74 Å². The van der Waals surface area contributed by atoms with Gasteiger partial charge in [0, 0.05) is 25.3 Å². The van der Waals surface area contributed by atoms with Gasteiger partial charge in [-0.2, -0.15) is 0 Å². The second-order valence-corrected chi connectivity index (χ2v) is 5.40. The molecule has 1 aromatic carbocycles. The highest BCUT2D eigenvalue weighted by atomic mass is 16.5. The van der Waals surface area contributed by atoms with Crippen molar-refractivity contribution in [1.29, 1.82) is 0 Å². The molecule has 1 aromatic rings. The van der Waals surface area contributed by atoms with Crippen molar-refractivity contribution in [1.82, 2.24) is 4.90 Å². The fourth-order valence-corrected chi connectivity index (χ4v) is 2.67. The molecule has 0 atom stereocenters. The van der Waals surface area contributed by atoms with Crippen molar-refractivity contribution >= 4 is 11.7 Å². The van der Waals surface area contributed by atoms with Crippen LogP contribution in [0.15, 0.2) is 24.3 Å². The third-order valence-electron chi connectivity index (χ3n) is 4.11.